The summed E-state index contributed by atoms with van der Waals surface area (Å²) in [6.07, 6.45) is 1.12. The Balaban J connectivity index is 1.69. The lowest BCUT2D eigenvalue weighted by Gasteiger charge is -2.28. The largest absolute Gasteiger partial charge is 0.390 e. The monoisotopic (exact) mass is 378 g/mol. The zero-order chi connectivity index (χ0) is 20.1. The summed E-state index contributed by atoms with van der Waals surface area (Å²) in [5.74, 6) is 0.157. The van der Waals surface area contributed by atoms with Crippen LogP contribution in [0.5, 0.6) is 0 Å². The van der Waals surface area contributed by atoms with Gasteiger partial charge in [0.1, 0.15) is 0 Å². The van der Waals surface area contributed by atoms with E-state index in [2.05, 4.69) is 57.1 Å². The highest BCUT2D eigenvalue weighted by atomic mass is 16.6. The molecule has 3 rings (SSSR count). The highest BCUT2D eigenvalue weighted by molar-refractivity contribution is 6.02. The molecule has 2 aromatic rings. The van der Waals surface area contributed by atoms with Crippen molar-refractivity contribution >= 4 is 11.6 Å². The van der Waals surface area contributed by atoms with Crippen LogP contribution in [0.25, 0.3) is 0 Å². The van der Waals surface area contributed by atoms with Crippen LogP contribution < -0.4 is 0 Å². The molecule has 1 atom stereocenters. The number of hydrogen-bond donors (Lipinski definition) is 0. The molecule has 1 unspecified atom stereocenters. The molecule has 1 amide bonds. The number of carbonyl (C=O) groups excluding carboxylic acids is 1. The highest BCUT2D eigenvalue weighted by Crippen LogP contribution is 2.24. The number of amides is 1. The van der Waals surface area contributed by atoms with Gasteiger partial charge in [0, 0.05) is 24.9 Å². The maximum Gasteiger partial charge on any atom is 0.223 e. The number of rotatable bonds is 6. The average Bonchev–Trinajstić information content (AvgIpc) is 3.09. The smallest absolute Gasteiger partial charge is 0.223 e. The molecule has 0 aromatic heterocycles. The van der Waals surface area contributed by atoms with E-state index in [0.717, 1.165) is 23.3 Å². The summed E-state index contributed by atoms with van der Waals surface area (Å²) in [6, 6.07) is 18.3. The highest BCUT2D eigenvalue weighted by Gasteiger charge is 2.29. The lowest BCUT2D eigenvalue weighted by atomic mass is 9.91. The third-order valence-corrected chi connectivity index (χ3v) is 4.86. The fourth-order valence-corrected chi connectivity index (χ4v) is 3.45. The van der Waals surface area contributed by atoms with Gasteiger partial charge in [0.25, 0.3) is 0 Å². The van der Waals surface area contributed by atoms with Crippen molar-refractivity contribution in [3.05, 3.63) is 71.3 Å². The number of oxime groups is 1. The fourth-order valence-electron chi connectivity index (χ4n) is 3.45. The van der Waals surface area contributed by atoms with Gasteiger partial charge in [-0.15, -0.1) is 0 Å². The summed E-state index contributed by atoms with van der Waals surface area (Å²) in [4.78, 5) is 20.6. The van der Waals surface area contributed by atoms with Gasteiger partial charge in [0.05, 0.1) is 12.3 Å². The summed E-state index contributed by atoms with van der Waals surface area (Å²) in [5, 5.41) is 4.32. The summed E-state index contributed by atoms with van der Waals surface area (Å²) in [5.41, 5.74) is 4.36. The second-order valence-electron chi connectivity index (χ2n) is 8.78. The third-order valence-electron chi connectivity index (χ3n) is 4.86. The van der Waals surface area contributed by atoms with Gasteiger partial charge < -0.3 is 9.74 Å². The Morgan fingerprint density at radius 2 is 1.79 bits per heavy atom. The van der Waals surface area contributed by atoms with E-state index in [1.165, 1.54) is 5.56 Å². The van der Waals surface area contributed by atoms with Gasteiger partial charge in [-0.05, 0) is 23.5 Å². The van der Waals surface area contributed by atoms with Crippen molar-refractivity contribution in [1.82, 2.24) is 4.90 Å². The van der Waals surface area contributed by atoms with Crippen molar-refractivity contribution in [3.63, 3.8) is 0 Å². The predicted molar refractivity (Wildman–Crippen MR) is 113 cm³/mol. The van der Waals surface area contributed by atoms with Crippen LogP contribution in [0.3, 0.4) is 0 Å². The Hall–Kier alpha value is -2.62. The van der Waals surface area contributed by atoms with Crippen molar-refractivity contribution in [2.75, 3.05) is 6.54 Å². The second kappa shape index (κ2) is 8.59. The third kappa shape index (κ3) is 5.44. The SMILES string of the molecule is Cc1ccccc1C1=NOC(CN(Cc2ccccc2)C(=O)CC(C)(C)C)C1. The van der Waals surface area contributed by atoms with Gasteiger partial charge >= 0.3 is 0 Å². The topological polar surface area (TPSA) is 41.9 Å². The molecule has 0 aliphatic carbocycles. The standard InChI is InChI=1S/C24H30N2O2/c1-18-10-8-9-13-21(18)22-14-20(28-25-22)17-26(23(27)15-24(2,3)4)16-19-11-6-5-7-12-19/h5-13,20H,14-17H2,1-4H3. The minimum atomic E-state index is -0.109. The molecular weight excluding hydrogens is 348 g/mol. The molecule has 0 saturated carbocycles. The maximum absolute atomic E-state index is 13.0. The van der Waals surface area contributed by atoms with E-state index in [1.54, 1.807) is 0 Å². The van der Waals surface area contributed by atoms with Crippen LogP contribution in [-0.2, 0) is 16.2 Å². The molecule has 1 aliphatic rings. The molecule has 0 N–H and O–H groups in total. The first kappa shape index (κ1) is 20.1. The van der Waals surface area contributed by atoms with E-state index in [-0.39, 0.29) is 17.4 Å². The normalized spacial score (nSPS) is 16.4. The lowest BCUT2D eigenvalue weighted by Crippen LogP contribution is -2.38. The average molecular weight is 379 g/mol. The Kier molecular flexibility index (Phi) is 6.18. The molecule has 148 valence electrons. The van der Waals surface area contributed by atoms with Gasteiger partial charge in [-0.3, -0.25) is 4.79 Å². The lowest BCUT2D eigenvalue weighted by molar-refractivity contribution is -0.135. The molecule has 4 nitrogen and oxygen atoms in total. The summed E-state index contributed by atoms with van der Waals surface area (Å²) < 4.78 is 0. The summed E-state index contributed by atoms with van der Waals surface area (Å²) in [7, 11) is 0. The minimum absolute atomic E-state index is 0.0502. The van der Waals surface area contributed by atoms with Crippen LogP contribution in [0.1, 0.15) is 50.3 Å². The summed E-state index contributed by atoms with van der Waals surface area (Å²) in [6.45, 7) is 9.50. The molecule has 2 aromatic carbocycles. The molecule has 28 heavy (non-hydrogen) atoms. The molecule has 0 radical (unpaired) electrons. The Labute approximate surface area is 168 Å². The van der Waals surface area contributed by atoms with Gasteiger partial charge in [0.2, 0.25) is 5.91 Å². The van der Waals surface area contributed by atoms with Crippen LogP contribution >= 0.6 is 0 Å². The van der Waals surface area contributed by atoms with Gasteiger partial charge in [0.15, 0.2) is 6.10 Å². The molecule has 0 spiro atoms. The first-order valence-corrected chi connectivity index (χ1v) is 9.92. The first-order valence-electron chi connectivity index (χ1n) is 9.92. The summed E-state index contributed by atoms with van der Waals surface area (Å²) >= 11 is 0. The Bertz CT molecular complexity index is 837. The number of benzene rings is 2. The first-order chi connectivity index (χ1) is 13.3. The molecule has 0 bridgehead atoms. The van der Waals surface area contributed by atoms with E-state index in [4.69, 9.17) is 4.84 Å². The van der Waals surface area contributed by atoms with Crippen molar-refractivity contribution in [1.29, 1.82) is 0 Å². The van der Waals surface area contributed by atoms with Gasteiger partial charge in [-0.1, -0.05) is 80.5 Å². The van der Waals surface area contributed by atoms with Crippen molar-refractivity contribution < 1.29 is 9.63 Å². The van der Waals surface area contributed by atoms with Crippen LogP contribution in [-0.4, -0.2) is 29.2 Å². The quantitative estimate of drug-likeness (QED) is 0.713. The zero-order valence-electron chi connectivity index (χ0n) is 17.3. The Morgan fingerprint density at radius 3 is 2.46 bits per heavy atom. The van der Waals surface area contributed by atoms with Crippen molar-refractivity contribution in [2.24, 2.45) is 10.6 Å². The van der Waals surface area contributed by atoms with E-state index >= 15 is 0 Å². The number of carbonyl (C=O) groups is 1. The number of hydrogen-bond acceptors (Lipinski definition) is 3. The number of nitrogens with zero attached hydrogens (tertiary/aromatic N) is 2. The fraction of sp³-hybridized carbons (Fsp3) is 0.417. The van der Waals surface area contributed by atoms with Crippen LogP contribution in [0, 0.1) is 12.3 Å². The van der Waals surface area contributed by atoms with E-state index in [9.17, 15) is 4.79 Å². The van der Waals surface area contributed by atoms with Gasteiger partial charge in [-0.2, -0.15) is 0 Å². The second-order valence-corrected chi connectivity index (χ2v) is 8.78. The molecule has 4 heteroatoms. The Morgan fingerprint density at radius 1 is 1.11 bits per heavy atom. The minimum Gasteiger partial charge on any atom is -0.390 e. The predicted octanol–water partition coefficient (Wildman–Crippen LogP) is 4.95. The molecule has 1 heterocycles. The molecular formula is C24H30N2O2. The maximum atomic E-state index is 13.0. The van der Waals surface area contributed by atoms with Crippen LogP contribution in [0.15, 0.2) is 59.8 Å². The number of aryl methyl sites for hydroxylation is 1. The van der Waals surface area contributed by atoms with Gasteiger partial charge in [-0.25, -0.2) is 0 Å². The molecule has 1 aliphatic heterocycles. The van der Waals surface area contributed by atoms with E-state index in [1.807, 2.05) is 35.2 Å². The van der Waals surface area contributed by atoms with E-state index in [0.29, 0.717) is 19.5 Å². The van der Waals surface area contributed by atoms with E-state index < -0.39 is 0 Å². The van der Waals surface area contributed by atoms with Crippen LogP contribution in [0.2, 0.25) is 0 Å². The zero-order valence-corrected chi connectivity index (χ0v) is 17.3. The van der Waals surface area contributed by atoms with Crippen molar-refractivity contribution in [2.45, 2.75) is 53.2 Å². The molecule has 0 saturated heterocycles. The van der Waals surface area contributed by atoms with Crippen molar-refractivity contribution in [3.8, 4) is 0 Å². The van der Waals surface area contributed by atoms with Crippen LogP contribution in [0.4, 0.5) is 0 Å². The molecule has 0 fully saturated rings.